The molecule has 0 rings (SSSR count). The molecule has 67 heavy (non-hydrogen) atoms. The van der Waals surface area contributed by atoms with Crippen LogP contribution in [0.4, 0.5) is 0 Å². The third-order valence-electron chi connectivity index (χ3n) is 12.8. The lowest BCUT2D eigenvalue weighted by Crippen LogP contribution is -2.30. The second-order valence-electron chi connectivity index (χ2n) is 19.6. The fraction of sp³-hybridized carbons (Fsp3) is 0.820. The predicted molar refractivity (Wildman–Crippen MR) is 289 cm³/mol. The average Bonchev–Trinajstić information content (AvgIpc) is 3.33. The molecule has 0 fully saturated rings. The van der Waals surface area contributed by atoms with Crippen molar-refractivity contribution in [3.05, 3.63) is 48.6 Å². The van der Waals surface area contributed by atoms with Crippen molar-refractivity contribution >= 4 is 17.9 Å². The minimum Gasteiger partial charge on any atom is -0.462 e. The Balaban J connectivity index is 4.41. The third-order valence-corrected chi connectivity index (χ3v) is 12.8. The maximum atomic E-state index is 12.8. The van der Waals surface area contributed by atoms with Crippen LogP contribution in [0, 0.1) is 0 Å². The molecule has 0 bridgehead atoms. The maximum Gasteiger partial charge on any atom is 0.306 e. The van der Waals surface area contributed by atoms with E-state index in [4.69, 9.17) is 14.2 Å². The quantitative estimate of drug-likeness (QED) is 0.0262. The first-order valence-electron chi connectivity index (χ1n) is 29.1. The van der Waals surface area contributed by atoms with Crippen LogP contribution in [0.2, 0.25) is 0 Å². The zero-order valence-electron chi connectivity index (χ0n) is 44.7. The topological polar surface area (TPSA) is 78.9 Å². The van der Waals surface area contributed by atoms with Crippen LogP contribution < -0.4 is 0 Å². The first kappa shape index (κ1) is 64.4. The molecule has 0 aliphatic heterocycles. The Morgan fingerprint density at radius 3 is 0.881 bits per heavy atom. The summed E-state index contributed by atoms with van der Waals surface area (Å²) in [7, 11) is 0. The van der Waals surface area contributed by atoms with Gasteiger partial charge in [-0.25, -0.2) is 0 Å². The molecule has 0 aromatic rings. The number of carbonyl (C=O) groups is 3. The van der Waals surface area contributed by atoms with E-state index in [0.717, 1.165) is 64.2 Å². The Bertz CT molecular complexity index is 1170. The molecule has 0 aromatic carbocycles. The van der Waals surface area contributed by atoms with Gasteiger partial charge in [-0.2, -0.15) is 0 Å². The molecule has 6 nitrogen and oxygen atoms in total. The lowest BCUT2D eigenvalue weighted by Gasteiger charge is -2.18. The van der Waals surface area contributed by atoms with Gasteiger partial charge in [-0.05, 0) is 57.8 Å². The van der Waals surface area contributed by atoms with Crippen LogP contribution in [0.5, 0.6) is 0 Å². The summed E-state index contributed by atoms with van der Waals surface area (Å²) >= 11 is 0. The van der Waals surface area contributed by atoms with Crippen molar-refractivity contribution in [3.8, 4) is 0 Å². The number of allylic oxidation sites excluding steroid dienone is 8. The van der Waals surface area contributed by atoms with E-state index in [9.17, 15) is 14.4 Å². The van der Waals surface area contributed by atoms with E-state index in [-0.39, 0.29) is 37.5 Å². The highest BCUT2D eigenvalue weighted by molar-refractivity contribution is 5.71. The second-order valence-corrected chi connectivity index (χ2v) is 19.6. The summed E-state index contributed by atoms with van der Waals surface area (Å²) in [6, 6.07) is 0. The summed E-state index contributed by atoms with van der Waals surface area (Å²) in [6.45, 7) is 6.61. The zero-order chi connectivity index (χ0) is 48.6. The molecule has 0 heterocycles. The molecule has 390 valence electrons. The highest BCUT2D eigenvalue weighted by atomic mass is 16.6. The van der Waals surface area contributed by atoms with E-state index in [0.29, 0.717) is 19.3 Å². The molecular weight excluding hydrogens is 829 g/mol. The fourth-order valence-corrected chi connectivity index (χ4v) is 8.44. The van der Waals surface area contributed by atoms with Crippen LogP contribution in [-0.4, -0.2) is 37.2 Å². The normalized spacial score (nSPS) is 12.3. The molecule has 1 unspecified atom stereocenters. The van der Waals surface area contributed by atoms with Gasteiger partial charge < -0.3 is 14.2 Å². The van der Waals surface area contributed by atoms with Crippen molar-refractivity contribution in [1.82, 2.24) is 0 Å². The van der Waals surface area contributed by atoms with Crippen LogP contribution in [-0.2, 0) is 28.6 Å². The van der Waals surface area contributed by atoms with E-state index >= 15 is 0 Å². The van der Waals surface area contributed by atoms with Crippen LogP contribution in [0.1, 0.15) is 303 Å². The van der Waals surface area contributed by atoms with E-state index < -0.39 is 6.10 Å². The summed E-state index contributed by atoms with van der Waals surface area (Å²) in [5.41, 5.74) is 0. The molecular formula is C61H110O6. The molecule has 0 spiro atoms. The zero-order valence-corrected chi connectivity index (χ0v) is 44.7. The summed E-state index contributed by atoms with van der Waals surface area (Å²) in [6.07, 6.45) is 68.2. The summed E-state index contributed by atoms with van der Waals surface area (Å²) in [5.74, 6) is -0.930. The number of carbonyl (C=O) groups excluding carboxylic acids is 3. The van der Waals surface area contributed by atoms with Crippen molar-refractivity contribution in [2.75, 3.05) is 13.2 Å². The van der Waals surface area contributed by atoms with Crippen molar-refractivity contribution in [1.29, 1.82) is 0 Å². The Morgan fingerprint density at radius 1 is 0.299 bits per heavy atom. The van der Waals surface area contributed by atoms with Crippen LogP contribution in [0.15, 0.2) is 48.6 Å². The molecule has 0 saturated heterocycles. The van der Waals surface area contributed by atoms with Gasteiger partial charge >= 0.3 is 17.9 Å². The average molecular weight is 940 g/mol. The highest BCUT2D eigenvalue weighted by Crippen LogP contribution is 2.17. The molecule has 0 saturated carbocycles. The van der Waals surface area contributed by atoms with Gasteiger partial charge in [0.1, 0.15) is 13.2 Å². The van der Waals surface area contributed by atoms with Gasteiger partial charge in [-0.15, -0.1) is 0 Å². The molecule has 0 radical (unpaired) electrons. The number of hydrogen-bond donors (Lipinski definition) is 0. The van der Waals surface area contributed by atoms with E-state index in [1.807, 2.05) is 0 Å². The Morgan fingerprint density at radius 2 is 0.552 bits per heavy atom. The van der Waals surface area contributed by atoms with Gasteiger partial charge in [0.25, 0.3) is 0 Å². The lowest BCUT2D eigenvalue weighted by molar-refractivity contribution is -0.167. The van der Waals surface area contributed by atoms with Gasteiger partial charge in [-0.3, -0.25) is 14.4 Å². The smallest absolute Gasteiger partial charge is 0.306 e. The lowest BCUT2D eigenvalue weighted by atomic mass is 10.0. The standard InChI is InChI=1S/C61H110O6/c1-4-7-10-13-16-19-22-25-28-30-32-33-36-39-42-45-48-51-54-60(63)66-57-58(56-65-59(62)53-50-47-44-41-38-35-27-24-21-18-15-12-9-6-3)67-61(64)55-52-49-46-43-40-37-34-31-29-26-23-20-17-14-11-8-5-2/h17,20,26,29,34,37,43,46,58H,4-16,18-19,21-25,27-28,30-33,35-36,38-42,44-45,47-57H2,1-3H3/b20-17-,29-26-,37-34-,46-43-. The van der Waals surface area contributed by atoms with E-state index in [1.165, 1.54) is 193 Å². The van der Waals surface area contributed by atoms with E-state index in [2.05, 4.69) is 69.4 Å². The first-order chi connectivity index (χ1) is 33.0. The maximum absolute atomic E-state index is 12.8. The van der Waals surface area contributed by atoms with Crippen molar-refractivity contribution in [2.24, 2.45) is 0 Å². The largest absolute Gasteiger partial charge is 0.462 e. The van der Waals surface area contributed by atoms with Crippen molar-refractivity contribution < 1.29 is 28.6 Å². The minimum atomic E-state index is -0.798. The Hall–Kier alpha value is -2.63. The Labute approximate surface area is 416 Å². The van der Waals surface area contributed by atoms with Gasteiger partial charge in [-0.1, -0.05) is 275 Å². The molecule has 0 aliphatic rings. The predicted octanol–water partition coefficient (Wildman–Crippen LogP) is 19.4. The number of esters is 3. The van der Waals surface area contributed by atoms with Crippen LogP contribution in [0.25, 0.3) is 0 Å². The number of ether oxygens (including phenoxy) is 3. The molecule has 0 amide bonds. The van der Waals surface area contributed by atoms with Crippen LogP contribution >= 0.6 is 0 Å². The number of hydrogen-bond acceptors (Lipinski definition) is 6. The minimum absolute atomic E-state index is 0.0903. The second kappa shape index (κ2) is 56.0. The fourth-order valence-electron chi connectivity index (χ4n) is 8.44. The molecule has 0 aliphatic carbocycles. The molecule has 0 N–H and O–H groups in total. The van der Waals surface area contributed by atoms with Crippen molar-refractivity contribution in [3.63, 3.8) is 0 Å². The molecule has 0 aromatic heterocycles. The number of rotatable bonds is 53. The Kier molecular flexibility index (Phi) is 53.8. The summed E-state index contributed by atoms with van der Waals surface area (Å²) in [4.78, 5) is 38.1. The van der Waals surface area contributed by atoms with Gasteiger partial charge in [0.15, 0.2) is 6.10 Å². The van der Waals surface area contributed by atoms with Gasteiger partial charge in [0.2, 0.25) is 0 Å². The highest BCUT2D eigenvalue weighted by Gasteiger charge is 2.19. The van der Waals surface area contributed by atoms with Gasteiger partial charge in [0, 0.05) is 19.3 Å². The molecule has 1 atom stereocenters. The summed E-state index contributed by atoms with van der Waals surface area (Å²) in [5, 5.41) is 0. The molecule has 6 heteroatoms. The first-order valence-corrected chi connectivity index (χ1v) is 29.1. The number of unbranched alkanes of at least 4 members (excludes halogenated alkanes) is 34. The summed E-state index contributed by atoms with van der Waals surface area (Å²) < 4.78 is 16.8. The SMILES string of the molecule is CCCCC/C=C\C/C=C\C/C=C\C/C=C\CCCC(=O)OC(COC(=O)CCCCCCCCCCCCCCCC)COC(=O)CCCCCCCCCCCCCCCCCCCC. The van der Waals surface area contributed by atoms with Gasteiger partial charge in [0.05, 0.1) is 0 Å². The van der Waals surface area contributed by atoms with Crippen LogP contribution in [0.3, 0.4) is 0 Å². The van der Waals surface area contributed by atoms with Crippen molar-refractivity contribution in [2.45, 2.75) is 309 Å². The third kappa shape index (κ3) is 54.2. The monoisotopic (exact) mass is 939 g/mol. The van der Waals surface area contributed by atoms with E-state index in [1.54, 1.807) is 0 Å².